The molecule has 0 heterocycles. The van der Waals surface area contributed by atoms with Crippen LogP contribution < -0.4 is 10.1 Å². The Bertz CT molecular complexity index is 568. The van der Waals surface area contributed by atoms with Crippen LogP contribution in [0.15, 0.2) is 46.9 Å². The van der Waals surface area contributed by atoms with Crippen LogP contribution in [0.4, 0.5) is 0 Å². The number of rotatable bonds is 4. The fourth-order valence-corrected chi connectivity index (χ4v) is 2.70. The van der Waals surface area contributed by atoms with Crippen LogP contribution in [0, 0.1) is 6.92 Å². The molecule has 2 aromatic rings. The Balaban J connectivity index is 2.54. The second-order valence-corrected chi connectivity index (χ2v) is 5.38. The molecule has 0 saturated heterocycles. The first-order valence-electron chi connectivity index (χ1n) is 6.23. The lowest BCUT2D eigenvalue weighted by molar-refractivity contribution is 0.405. The van der Waals surface area contributed by atoms with Gasteiger partial charge in [0, 0.05) is 10.0 Å². The number of hydrogen-bond acceptors (Lipinski definition) is 2. The summed E-state index contributed by atoms with van der Waals surface area (Å²) in [7, 11) is 3.68. The Labute approximate surface area is 122 Å². The Morgan fingerprint density at radius 3 is 2.47 bits per heavy atom. The van der Waals surface area contributed by atoms with Crippen LogP contribution in [0.25, 0.3) is 0 Å². The molecule has 0 fully saturated rings. The van der Waals surface area contributed by atoms with Gasteiger partial charge in [-0.25, -0.2) is 0 Å². The molecule has 0 spiro atoms. The van der Waals surface area contributed by atoms with Gasteiger partial charge in [0.25, 0.3) is 0 Å². The monoisotopic (exact) mass is 319 g/mol. The van der Waals surface area contributed by atoms with Gasteiger partial charge in [-0.1, -0.05) is 40.2 Å². The van der Waals surface area contributed by atoms with Crippen LogP contribution in [-0.4, -0.2) is 14.2 Å². The Morgan fingerprint density at radius 2 is 1.84 bits per heavy atom. The van der Waals surface area contributed by atoms with Crippen LogP contribution in [0.1, 0.15) is 22.7 Å². The third-order valence-corrected chi connectivity index (χ3v) is 3.78. The van der Waals surface area contributed by atoms with Crippen molar-refractivity contribution in [2.24, 2.45) is 0 Å². The molecular formula is C16H18BrNO. The normalized spacial score (nSPS) is 12.2. The maximum atomic E-state index is 5.48. The summed E-state index contributed by atoms with van der Waals surface area (Å²) in [5, 5.41) is 3.38. The minimum Gasteiger partial charge on any atom is -0.496 e. The van der Waals surface area contributed by atoms with Crippen LogP contribution in [0.3, 0.4) is 0 Å². The quantitative estimate of drug-likeness (QED) is 0.917. The fraction of sp³-hybridized carbons (Fsp3) is 0.250. The highest BCUT2D eigenvalue weighted by Crippen LogP contribution is 2.33. The molecule has 100 valence electrons. The first-order chi connectivity index (χ1) is 9.17. The van der Waals surface area contributed by atoms with Gasteiger partial charge in [0.1, 0.15) is 5.75 Å². The second-order valence-electron chi connectivity index (χ2n) is 4.46. The average molecular weight is 320 g/mol. The van der Waals surface area contributed by atoms with E-state index in [0.717, 1.165) is 15.8 Å². The van der Waals surface area contributed by atoms with E-state index in [2.05, 4.69) is 58.5 Å². The summed E-state index contributed by atoms with van der Waals surface area (Å²) in [5.74, 6) is 0.894. The minimum atomic E-state index is 0.119. The molecule has 0 aliphatic carbocycles. The first-order valence-corrected chi connectivity index (χ1v) is 7.03. The van der Waals surface area contributed by atoms with E-state index in [9.17, 15) is 0 Å². The number of hydrogen-bond donors (Lipinski definition) is 1. The van der Waals surface area contributed by atoms with Crippen LogP contribution in [0.2, 0.25) is 0 Å². The SMILES string of the molecule is CNC(c1ccccc1C)c1cc(Br)ccc1OC. The van der Waals surface area contributed by atoms with Crippen molar-refractivity contribution in [2.75, 3.05) is 14.2 Å². The molecule has 0 radical (unpaired) electrons. The van der Waals surface area contributed by atoms with E-state index in [1.54, 1.807) is 7.11 Å². The number of ether oxygens (including phenoxy) is 1. The van der Waals surface area contributed by atoms with E-state index in [4.69, 9.17) is 4.74 Å². The van der Waals surface area contributed by atoms with Crippen LogP contribution in [0.5, 0.6) is 5.75 Å². The molecule has 1 N–H and O–H groups in total. The predicted molar refractivity (Wildman–Crippen MR) is 82.8 cm³/mol. The largest absolute Gasteiger partial charge is 0.496 e. The van der Waals surface area contributed by atoms with E-state index < -0.39 is 0 Å². The zero-order valence-electron chi connectivity index (χ0n) is 11.4. The van der Waals surface area contributed by atoms with Crippen molar-refractivity contribution < 1.29 is 4.74 Å². The molecule has 19 heavy (non-hydrogen) atoms. The Hall–Kier alpha value is -1.32. The smallest absolute Gasteiger partial charge is 0.124 e. The molecule has 2 nitrogen and oxygen atoms in total. The fourth-order valence-electron chi connectivity index (χ4n) is 2.32. The summed E-state index contributed by atoms with van der Waals surface area (Å²) in [6.07, 6.45) is 0. The van der Waals surface area contributed by atoms with Crippen molar-refractivity contribution in [1.29, 1.82) is 0 Å². The maximum absolute atomic E-state index is 5.48. The molecule has 0 aliphatic heterocycles. The number of methoxy groups -OCH3 is 1. The van der Waals surface area contributed by atoms with E-state index in [-0.39, 0.29) is 6.04 Å². The van der Waals surface area contributed by atoms with Crippen molar-refractivity contribution >= 4 is 15.9 Å². The topological polar surface area (TPSA) is 21.3 Å². The Morgan fingerprint density at radius 1 is 1.11 bits per heavy atom. The zero-order chi connectivity index (χ0) is 13.8. The molecule has 1 atom stereocenters. The maximum Gasteiger partial charge on any atom is 0.124 e. The van der Waals surface area contributed by atoms with E-state index in [1.807, 2.05) is 19.2 Å². The van der Waals surface area contributed by atoms with Gasteiger partial charge in [0.15, 0.2) is 0 Å². The van der Waals surface area contributed by atoms with Gasteiger partial charge >= 0.3 is 0 Å². The lowest BCUT2D eigenvalue weighted by atomic mass is 9.94. The zero-order valence-corrected chi connectivity index (χ0v) is 13.0. The van der Waals surface area contributed by atoms with E-state index in [1.165, 1.54) is 11.1 Å². The summed E-state index contributed by atoms with van der Waals surface area (Å²) in [6, 6.07) is 14.6. The summed E-state index contributed by atoms with van der Waals surface area (Å²) < 4.78 is 6.54. The lowest BCUT2D eigenvalue weighted by Crippen LogP contribution is -2.19. The molecule has 0 saturated carbocycles. The molecule has 0 aliphatic rings. The number of nitrogens with one attached hydrogen (secondary N) is 1. The summed E-state index contributed by atoms with van der Waals surface area (Å²) in [5.41, 5.74) is 3.67. The van der Waals surface area contributed by atoms with Crippen LogP contribution >= 0.6 is 15.9 Å². The molecule has 2 rings (SSSR count). The van der Waals surface area contributed by atoms with Gasteiger partial charge in [-0.3, -0.25) is 0 Å². The van der Waals surface area contributed by atoms with Crippen molar-refractivity contribution in [3.63, 3.8) is 0 Å². The van der Waals surface area contributed by atoms with Gasteiger partial charge < -0.3 is 10.1 Å². The Kier molecular flexibility index (Phi) is 4.61. The summed E-state index contributed by atoms with van der Waals surface area (Å²) in [4.78, 5) is 0. The van der Waals surface area contributed by atoms with Gasteiger partial charge in [-0.2, -0.15) is 0 Å². The highest BCUT2D eigenvalue weighted by atomic mass is 79.9. The molecular weight excluding hydrogens is 302 g/mol. The predicted octanol–water partition coefficient (Wildman–Crippen LogP) is 4.07. The molecule has 0 aromatic heterocycles. The van der Waals surface area contributed by atoms with Gasteiger partial charge in [0.05, 0.1) is 13.2 Å². The van der Waals surface area contributed by atoms with E-state index >= 15 is 0 Å². The van der Waals surface area contributed by atoms with Gasteiger partial charge in [-0.15, -0.1) is 0 Å². The molecule has 1 unspecified atom stereocenters. The molecule has 0 bridgehead atoms. The van der Waals surface area contributed by atoms with Gasteiger partial charge in [-0.05, 0) is 43.3 Å². The molecule has 0 amide bonds. The number of benzene rings is 2. The van der Waals surface area contributed by atoms with Crippen molar-refractivity contribution in [1.82, 2.24) is 5.32 Å². The third-order valence-electron chi connectivity index (χ3n) is 3.29. The standard InChI is InChI=1S/C16H18BrNO/c1-11-6-4-5-7-13(11)16(18-2)14-10-12(17)8-9-15(14)19-3/h4-10,16,18H,1-3H3. The average Bonchev–Trinajstić information content (AvgIpc) is 2.42. The van der Waals surface area contributed by atoms with Crippen LogP contribution in [-0.2, 0) is 0 Å². The molecule has 2 aromatic carbocycles. The highest BCUT2D eigenvalue weighted by molar-refractivity contribution is 9.10. The van der Waals surface area contributed by atoms with Crippen molar-refractivity contribution in [2.45, 2.75) is 13.0 Å². The first kappa shape index (κ1) is 14.1. The minimum absolute atomic E-state index is 0.119. The van der Waals surface area contributed by atoms with Gasteiger partial charge in [0.2, 0.25) is 0 Å². The number of aryl methyl sites for hydroxylation is 1. The highest BCUT2D eigenvalue weighted by Gasteiger charge is 2.18. The summed E-state index contributed by atoms with van der Waals surface area (Å²) >= 11 is 3.53. The van der Waals surface area contributed by atoms with E-state index in [0.29, 0.717) is 0 Å². The lowest BCUT2D eigenvalue weighted by Gasteiger charge is -2.21. The van der Waals surface area contributed by atoms with Crippen molar-refractivity contribution in [3.8, 4) is 5.75 Å². The summed E-state index contributed by atoms with van der Waals surface area (Å²) in [6.45, 7) is 2.13. The van der Waals surface area contributed by atoms with Crippen molar-refractivity contribution in [3.05, 3.63) is 63.6 Å². The molecule has 3 heteroatoms. The second kappa shape index (κ2) is 6.22. The third kappa shape index (κ3) is 2.99. The number of halogens is 1.